The Kier molecular flexibility index (Phi) is 5.46. The molecule has 7 heteroatoms. The van der Waals surface area contributed by atoms with Crippen molar-refractivity contribution >= 4 is 11.8 Å². The summed E-state index contributed by atoms with van der Waals surface area (Å²) in [5, 5.41) is 8.14. The molecule has 0 saturated carbocycles. The molecule has 1 atom stereocenters. The summed E-state index contributed by atoms with van der Waals surface area (Å²) in [5.74, 6) is 0.603. The zero-order valence-corrected chi connectivity index (χ0v) is 15.0. The molecule has 25 heavy (non-hydrogen) atoms. The first-order valence-corrected chi connectivity index (χ1v) is 7.98. The van der Waals surface area contributed by atoms with Gasteiger partial charge in [-0.3, -0.25) is 4.90 Å². The molecule has 1 aromatic heterocycles. The van der Waals surface area contributed by atoms with Crippen molar-refractivity contribution in [2.75, 3.05) is 12.8 Å². The van der Waals surface area contributed by atoms with Crippen LogP contribution in [-0.2, 0) is 4.74 Å². The number of nitrogen functional groups attached to an aromatic ring is 1. The molecule has 0 spiro atoms. The van der Waals surface area contributed by atoms with E-state index in [0.29, 0.717) is 29.5 Å². The molecule has 2 N–H and O–H groups in total. The minimum absolute atomic E-state index is 0.298. The number of benzene rings is 1. The zero-order chi connectivity index (χ0) is 18.6. The molecular weight excluding hydrogens is 320 g/mol. The van der Waals surface area contributed by atoms with Gasteiger partial charge in [-0.05, 0) is 39.3 Å². The number of carbonyl (C=O) groups is 1. The molecule has 1 aromatic carbocycles. The molecule has 0 saturated heterocycles. The van der Waals surface area contributed by atoms with E-state index in [0.717, 1.165) is 0 Å². The van der Waals surface area contributed by atoms with Crippen LogP contribution in [-0.4, -0.2) is 33.8 Å². The van der Waals surface area contributed by atoms with Crippen LogP contribution in [0.3, 0.4) is 0 Å². The Balaban J connectivity index is 2.28. The predicted molar refractivity (Wildman–Crippen MR) is 95.7 cm³/mol. The maximum atomic E-state index is 12.3. The van der Waals surface area contributed by atoms with Gasteiger partial charge in [0.25, 0.3) is 0 Å². The first-order valence-electron chi connectivity index (χ1n) is 7.98. The van der Waals surface area contributed by atoms with Crippen LogP contribution >= 0.6 is 0 Å². The van der Waals surface area contributed by atoms with Crippen molar-refractivity contribution in [3.63, 3.8) is 0 Å². The molecule has 0 radical (unpaired) electrons. The molecule has 0 fully saturated rings. The Hall–Kier alpha value is -2.83. The zero-order valence-electron chi connectivity index (χ0n) is 15.0. The summed E-state index contributed by atoms with van der Waals surface area (Å²) in [6, 6.07) is 6.75. The normalized spacial score (nSPS) is 12.5. The number of carbonyl (C=O) groups excluding carboxylic acids is 1. The summed E-state index contributed by atoms with van der Waals surface area (Å²) in [6.45, 7) is 9.16. The molecule has 7 nitrogen and oxygen atoms in total. The molecule has 1 heterocycles. The maximum Gasteiger partial charge on any atom is 0.410 e. The van der Waals surface area contributed by atoms with E-state index in [9.17, 15) is 4.79 Å². The molecule has 0 unspecified atom stereocenters. The Morgan fingerprint density at radius 1 is 1.40 bits per heavy atom. The maximum absolute atomic E-state index is 12.3. The van der Waals surface area contributed by atoms with Gasteiger partial charge >= 0.3 is 6.09 Å². The molecule has 2 rings (SSSR count). The fourth-order valence-electron chi connectivity index (χ4n) is 2.21. The fourth-order valence-corrected chi connectivity index (χ4v) is 2.21. The highest BCUT2D eigenvalue weighted by atomic mass is 16.6. The highest BCUT2D eigenvalue weighted by Crippen LogP contribution is 2.29. The lowest BCUT2D eigenvalue weighted by Crippen LogP contribution is -2.36. The summed E-state index contributed by atoms with van der Waals surface area (Å²) in [4.78, 5) is 13.8. The lowest BCUT2D eigenvalue weighted by molar-refractivity contribution is 0.0198. The van der Waals surface area contributed by atoms with Crippen molar-refractivity contribution in [2.24, 2.45) is 0 Å². The summed E-state index contributed by atoms with van der Waals surface area (Å²) < 4.78 is 11.2. The summed E-state index contributed by atoms with van der Waals surface area (Å²) in [5.41, 5.74) is 6.54. The Morgan fingerprint density at radius 2 is 2.08 bits per heavy atom. The van der Waals surface area contributed by atoms with Crippen LogP contribution in [0.15, 0.2) is 41.3 Å². The third-order valence-electron chi connectivity index (χ3n) is 3.46. The first-order chi connectivity index (χ1) is 11.7. The van der Waals surface area contributed by atoms with E-state index in [1.807, 2.05) is 32.9 Å². The molecule has 134 valence electrons. The summed E-state index contributed by atoms with van der Waals surface area (Å²) in [6.07, 6.45) is 1.66. The van der Waals surface area contributed by atoms with Crippen LogP contribution in [0.25, 0.3) is 11.5 Å². The third kappa shape index (κ3) is 4.59. The number of anilines is 1. The lowest BCUT2D eigenvalue weighted by atomic mass is 10.1. The van der Waals surface area contributed by atoms with Crippen LogP contribution < -0.4 is 5.73 Å². The monoisotopic (exact) mass is 344 g/mol. The average molecular weight is 344 g/mol. The molecule has 0 aliphatic rings. The van der Waals surface area contributed by atoms with Gasteiger partial charge in [-0.15, -0.1) is 16.8 Å². The lowest BCUT2D eigenvalue weighted by Gasteiger charge is -2.28. The Bertz CT molecular complexity index is 749. The number of hydrogen-bond acceptors (Lipinski definition) is 6. The number of hydrogen-bond donors (Lipinski definition) is 1. The van der Waals surface area contributed by atoms with Gasteiger partial charge < -0.3 is 14.9 Å². The third-order valence-corrected chi connectivity index (χ3v) is 3.46. The van der Waals surface area contributed by atoms with Crippen LogP contribution in [0.4, 0.5) is 10.5 Å². The van der Waals surface area contributed by atoms with E-state index in [4.69, 9.17) is 14.9 Å². The van der Waals surface area contributed by atoms with Crippen LogP contribution in [0, 0.1) is 0 Å². The number of aromatic nitrogens is 2. The second-order valence-electron chi connectivity index (χ2n) is 6.66. The van der Waals surface area contributed by atoms with Gasteiger partial charge in [-0.25, -0.2) is 4.79 Å². The number of para-hydroxylation sites is 1. The van der Waals surface area contributed by atoms with Gasteiger partial charge in [-0.1, -0.05) is 18.2 Å². The Morgan fingerprint density at radius 3 is 2.68 bits per heavy atom. The minimum Gasteiger partial charge on any atom is -0.444 e. The number of rotatable bonds is 5. The summed E-state index contributed by atoms with van der Waals surface area (Å²) >= 11 is 0. The molecule has 2 aromatic rings. The standard InChI is InChI=1S/C18H24N4O3/c1-6-9-14(22(5)17(23)25-18(2,3)4)16-21-20-15(24-16)12-10-7-8-11-13(12)19/h6-8,10-11,14H,1,9,19H2,2-5H3/t14-/m0/s1. The van der Waals surface area contributed by atoms with Crippen LogP contribution in [0.5, 0.6) is 0 Å². The molecule has 0 aliphatic carbocycles. The van der Waals surface area contributed by atoms with Crippen molar-refractivity contribution in [2.45, 2.75) is 38.8 Å². The van der Waals surface area contributed by atoms with Crippen LogP contribution in [0.1, 0.15) is 39.1 Å². The average Bonchev–Trinajstić information content (AvgIpc) is 3.00. The highest BCUT2D eigenvalue weighted by Gasteiger charge is 2.29. The van der Waals surface area contributed by atoms with Gasteiger partial charge in [0, 0.05) is 12.7 Å². The van der Waals surface area contributed by atoms with Crippen molar-refractivity contribution in [1.82, 2.24) is 15.1 Å². The molecule has 0 aliphatic heterocycles. The summed E-state index contributed by atoms with van der Waals surface area (Å²) in [7, 11) is 1.63. The minimum atomic E-state index is -0.595. The number of nitrogens with zero attached hydrogens (tertiary/aromatic N) is 3. The Labute approximate surface area is 147 Å². The highest BCUT2D eigenvalue weighted by molar-refractivity contribution is 5.70. The predicted octanol–water partition coefficient (Wildman–Crippen LogP) is 3.80. The first kappa shape index (κ1) is 18.5. The van der Waals surface area contributed by atoms with Crippen molar-refractivity contribution in [3.05, 3.63) is 42.8 Å². The molecule has 0 bridgehead atoms. The van der Waals surface area contributed by atoms with E-state index < -0.39 is 17.7 Å². The topological polar surface area (TPSA) is 94.5 Å². The van der Waals surface area contributed by atoms with E-state index in [-0.39, 0.29) is 0 Å². The van der Waals surface area contributed by atoms with Gasteiger partial charge in [0.15, 0.2) is 0 Å². The van der Waals surface area contributed by atoms with Crippen molar-refractivity contribution in [1.29, 1.82) is 0 Å². The van der Waals surface area contributed by atoms with E-state index in [1.165, 1.54) is 4.90 Å². The van der Waals surface area contributed by atoms with Gasteiger partial charge in [0.1, 0.15) is 11.6 Å². The van der Waals surface area contributed by atoms with Crippen molar-refractivity contribution in [3.8, 4) is 11.5 Å². The quantitative estimate of drug-likeness (QED) is 0.655. The SMILES string of the molecule is C=CC[C@@H](c1nnc(-c2ccccc2N)o1)N(C)C(=O)OC(C)(C)C. The molecule has 1 amide bonds. The number of ether oxygens (including phenoxy) is 1. The smallest absolute Gasteiger partial charge is 0.410 e. The second-order valence-corrected chi connectivity index (χ2v) is 6.66. The molecular formula is C18H24N4O3. The van der Waals surface area contributed by atoms with Crippen LogP contribution in [0.2, 0.25) is 0 Å². The van der Waals surface area contributed by atoms with Crippen molar-refractivity contribution < 1.29 is 13.9 Å². The van der Waals surface area contributed by atoms with E-state index >= 15 is 0 Å². The second kappa shape index (κ2) is 7.38. The largest absolute Gasteiger partial charge is 0.444 e. The fraction of sp³-hybridized carbons (Fsp3) is 0.389. The van der Waals surface area contributed by atoms with Gasteiger partial charge in [0.05, 0.1) is 5.56 Å². The number of amides is 1. The van der Waals surface area contributed by atoms with Gasteiger partial charge in [-0.2, -0.15) is 0 Å². The number of nitrogens with two attached hydrogens (primary N) is 1. The van der Waals surface area contributed by atoms with E-state index in [2.05, 4.69) is 16.8 Å². The van der Waals surface area contributed by atoms with Gasteiger partial charge in [0.2, 0.25) is 11.8 Å². The van der Waals surface area contributed by atoms with E-state index in [1.54, 1.807) is 25.3 Å².